The van der Waals surface area contributed by atoms with E-state index in [2.05, 4.69) is 47.7 Å². The van der Waals surface area contributed by atoms with Gasteiger partial charge in [-0.3, -0.25) is 0 Å². The van der Waals surface area contributed by atoms with Crippen LogP contribution >= 0.6 is 35.3 Å². The van der Waals surface area contributed by atoms with Crippen molar-refractivity contribution < 1.29 is 4.74 Å². The minimum atomic E-state index is 0. The van der Waals surface area contributed by atoms with Crippen molar-refractivity contribution in [1.29, 1.82) is 0 Å². The Hall–Kier alpha value is -1.28. The normalized spacial score (nSPS) is 12.3. The molecule has 1 heterocycles. The summed E-state index contributed by atoms with van der Waals surface area (Å²) >= 11 is 1.76. The van der Waals surface area contributed by atoms with Crippen LogP contribution in [0.2, 0.25) is 0 Å². The van der Waals surface area contributed by atoms with Gasteiger partial charge >= 0.3 is 0 Å². The van der Waals surface area contributed by atoms with Crippen LogP contribution in [0.25, 0.3) is 0 Å². The summed E-state index contributed by atoms with van der Waals surface area (Å²) in [6.45, 7) is 5.51. The fourth-order valence-electron chi connectivity index (χ4n) is 2.16. The van der Waals surface area contributed by atoms with Crippen LogP contribution in [0.3, 0.4) is 0 Å². The van der Waals surface area contributed by atoms with Gasteiger partial charge in [0.2, 0.25) is 0 Å². The standard InChI is InChI=1S/C18H25N3OS.HI/c1-3-15(22-16-7-4-6-14(2)12-16)13-21-18(19)20-10-9-17-8-5-11-23-17;/h4-8,11-12,15H,3,9-10,13H2,1-2H3,(H3,19,20,21);1H. The number of nitrogens with one attached hydrogen (secondary N) is 1. The molecule has 1 aromatic heterocycles. The maximum Gasteiger partial charge on any atom is 0.188 e. The van der Waals surface area contributed by atoms with Gasteiger partial charge in [-0.2, -0.15) is 0 Å². The van der Waals surface area contributed by atoms with Crippen molar-refractivity contribution in [1.82, 2.24) is 5.32 Å². The molecule has 0 radical (unpaired) electrons. The van der Waals surface area contributed by atoms with Crippen LogP contribution in [0.5, 0.6) is 5.75 Å². The van der Waals surface area contributed by atoms with Crippen molar-refractivity contribution in [2.45, 2.75) is 32.8 Å². The molecule has 0 fully saturated rings. The molecule has 0 aliphatic heterocycles. The highest BCUT2D eigenvalue weighted by atomic mass is 127. The summed E-state index contributed by atoms with van der Waals surface area (Å²) in [6, 6.07) is 12.3. The molecule has 0 aliphatic rings. The quantitative estimate of drug-likeness (QED) is 0.357. The molecule has 24 heavy (non-hydrogen) atoms. The number of nitrogens with two attached hydrogens (primary N) is 1. The number of rotatable bonds is 8. The van der Waals surface area contributed by atoms with Gasteiger partial charge in [-0.25, -0.2) is 4.99 Å². The molecule has 0 spiro atoms. The van der Waals surface area contributed by atoms with Crippen molar-refractivity contribution in [3.05, 3.63) is 52.2 Å². The summed E-state index contributed by atoms with van der Waals surface area (Å²) in [5.41, 5.74) is 7.11. The van der Waals surface area contributed by atoms with Gasteiger partial charge in [0.15, 0.2) is 5.96 Å². The monoisotopic (exact) mass is 459 g/mol. The van der Waals surface area contributed by atoms with E-state index in [1.54, 1.807) is 11.3 Å². The van der Waals surface area contributed by atoms with E-state index in [1.807, 2.05) is 18.2 Å². The Balaban J connectivity index is 0.00000288. The largest absolute Gasteiger partial charge is 0.489 e. The number of benzene rings is 1. The summed E-state index contributed by atoms with van der Waals surface area (Å²) in [4.78, 5) is 5.74. The first-order chi connectivity index (χ1) is 11.2. The summed E-state index contributed by atoms with van der Waals surface area (Å²) < 4.78 is 5.97. The molecule has 6 heteroatoms. The van der Waals surface area contributed by atoms with E-state index < -0.39 is 0 Å². The zero-order valence-electron chi connectivity index (χ0n) is 14.2. The van der Waals surface area contributed by atoms with E-state index in [1.165, 1.54) is 10.4 Å². The lowest BCUT2D eigenvalue weighted by atomic mass is 10.2. The van der Waals surface area contributed by atoms with Gasteiger partial charge < -0.3 is 15.8 Å². The number of aliphatic imine (C=N–C) groups is 1. The van der Waals surface area contributed by atoms with E-state index in [9.17, 15) is 0 Å². The Kier molecular flexibility index (Phi) is 9.78. The van der Waals surface area contributed by atoms with E-state index in [-0.39, 0.29) is 30.1 Å². The average molecular weight is 459 g/mol. The maximum absolute atomic E-state index is 5.97. The number of aryl methyl sites for hydroxylation is 1. The second kappa shape index (κ2) is 11.3. The fraction of sp³-hybridized carbons (Fsp3) is 0.389. The van der Waals surface area contributed by atoms with Gasteiger partial charge in [-0.05, 0) is 48.9 Å². The molecule has 0 saturated heterocycles. The number of halogens is 1. The maximum atomic E-state index is 5.97. The highest BCUT2D eigenvalue weighted by Gasteiger charge is 2.08. The topological polar surface area (TPSA) is 59.6 Å². The zero-order chi connectivity index (χ0) is 16.5. The van der Waals surface area contributed by atoms with Gasteiger partial charge in [0.1, 0.15) is 11.9 Å². The van der Waals surface area contributed by atoms with E-state index in [0.717, 1.165) is 25.1 Å². The lowest BCUT2D eigenvalue weighted by Gasteiger charge is -2.16. The Morgan fingerprint density at radius 3 is 2.83 bits per heavy atom. The van der Waals surface area contributed by atoms with Gasteiger partial charge in [-0.1, -0.05) is 25.1 Å². The van der Waals surface area contributed by atoms with Crippen molar-refractivity contribution in [3.63, 3.8) is 0 Å². The molecule has 1 atom stereocenters. The highest BCUT2D eigenvalue weighted by molar-refractivity contribution is 14.0. The van der Waals surface area contributed by atoms with E-state index in [0.29, 0.717) is 12.5 Å². The molecule has 0 amide bonds. The lowest BCUT2D eigenvalue weighted by molar-refractivity contribution is 0.205. The molecular weight excluding hydrogens is 433 g/mol. The minimum Gasteiger partial charge on any atom is -0.489 e. The average Bonchev–Trinajstić information content (AvgIpc) is 3.05. The Labute approximate surface area is 165 Å². The first-order valence-corrected chi connectivity index (χ1v) is 8.85. The van der Waals surface area contributed by atoms with Crippen LogP contribution < -0.4 is 15.8 Å². The van der Waals surface area contributed by atoms with Gasteiger partial charge in [0.05, 0.1) is 6.54 Å². The molecule has 1 aromatic carbocycles. The van der Waals surface area contributed by atoms with Crippen LogP contribution in [0.4, 0.5) is 0 Å². The van der Waals surface area contributed by atoms with Crippen molar-refractivity contribution in [2.75, 3.05) is 13.1 Å². The number of guanidine groups is 1. The van der Waals surface area contributed by atoms with Crippen LogP contribution in [0.15, 0.2) is 46.8 Å². The molecule has 1 unspecified atom stereocenters. The molecular formula is C18H26IN3OS. The smallest absolute Gasteiger partial charge is 0.188 e. The molecule has 2 rings (SSSR count). The Bertz CT molecular complexity index is 616. The van der Waals surface area contributed by atoms with Crippen molar-refractivity contribution in [2.24, 2.45) is 10.7 Å². The first kappa shape index (κ1) is 20.8. The van der Waals surface area contributed by atoms with Gasteiger partial charge in [0, 0.05) is 11.4 Å². The SMILES string of the molecule is CCC(CN=C(N)NCCc1cccs1)Oc1cccc(C)c1.I. The van der Waals surface area contributed by atoms with Crippen LogP contribution in [0.1, 0.15) is 23.8 Å². The second-order valence-electron chi connectivity index (χ2n) is 5.45. The molecule has 132 valence electrons. The molecule has 4 nitrogen and oxygen atoms in total. The molecule has 0 bridgehead atoms. The summed E-state index contributed by atoms with van der Waals surface area (Å²) in [7, 11) is 0. The fourth-order valence-corrected chi connectivity index (χ4v) is 2.86. The molecule has 0 saturated carbocycles. The van der Waals surface area contributed by atoms with E-state index in [4.69, 9.17) is 10.5 Å². The van der Waals surface area contributed by atoms with Crippen molar-refractivity contribution >= 4 is 41.3 Å². The number of ether oxygens (including phenoxy) is 1. The predicted molar refractivity (Wildman–Crippen MR) is 114 cm³/mol. The van der Waals surface area contributed by atoms with Crippen LogP contribution in [-0.2, 0) is 6.42 Å². The third-order valence-corrected chi connectivity index (χ3v) is 4.41. The predicted octanol–water partition coefficient (Wildman–Crippen LogP) is 3.98. The summed E-state index contributed by atoms with van der Waals surface area (Å²) in [5.74, 6) is 1.36. The van der Waals surface area contributed by atoms with Crippen LogP contribution in [0, 0.1) is 6.92 Å². The minimum absolute atomic E-state index is 0. The second-order valence-corrected chi connectivity index (χ2v) is 6.48. The zero-order valence-corrected chi connectivity index (χ0v) is 17.3. The Morgan fingerprint density at radius 1 is 1.33 bits per heavy atom. The summed E-state index contributed by atoms with van der Waals surface area (Å²) in [6.07, 6.45) is 1.89. The molecule has 0 aliphatic carbocycles. The highest BCUT2D eigenvalue weighted by Crippen LogP contribution is 2.15. The first-order valence-electron chi connectivity index (χ1n) is 7.97. The van der Waals surface area contributed by atoms with Crippen LogP contribution in [-0.4, -0.2) is 25.2 Å². The third-order valence-electron chi connectivity index (χ3n) is 3.47. The molecule has 2 aromatic rings. The third kappa shape index (κ3) is 7.53. The lowest BCUT2D eigenvalue weighted by Crippen LogP contribution is -2.34. The van der Waals surface area contributed by atoms with E-state index >= 15 is 0 Å². The molecule has 3 N–H and O–H groups in total. The van der Waals surface area contributed by atoms with Gasteiger partial charge in [0.25, 0.3) is 0 Å². The number of hydrogen-bond acceptors (Lipinski definition) is 3. The number of hydrogen-bond donors (Lipinski definition) is 2. The number of thiophene rings is 1. The summed E-state index contributed by atoms with van der Waals surface area (Å²) in [5, 5.41) is 5.24. The number of nitrogens with zero attached hydrogens (tertiary/aromatic N) is 1. The Morgan fingerprint density at radius 2 is 2.17 bits per heavy atom. The van der Waals surface area contributed by atoms with Gasteiger partial charge in [-0.15, -0.1) is 35.3 Å². The van der Waals surface area contributed by atoms with Crippen molar-refractivity contribution in [3.8, 4) is 5.75 Å².